The van der Waals surface area contributed by atoms with Crippen LogP contribution in [0.1, 0.15) is 23.8 Å². The normalized spacial score (nSPS) is 10.9. The van der Waals surface area contributed by atoms with E-state index in [0.717, 1.165) is 6.42 Å². The van der Waals surface area contributed by atoms with Crippen LogP contribution in [-0.2, 0) is 11.8 Å². The fraction of sp³-hybridized carbons (Fsp3) is 0.400. The molecule has 0 aliphatic carbocycles. The molecule has 2 aromatic rings. The molecule has 0 spiro atoms. The van der Waals surface area contributed by atoms with Crippen molar-refractivity contribution in [2.24, 2.45) is 7.05 Å². The summed E-state index contributed by atoms with van der Waals surface area (Å²) >= 11 is 0. The standard InChI is InChI=1S/C15H19FN2O2/c1-3-20-9-5-8-17-15(19)14-10-11-12(16)6-4-7-13(11)18(14)2/h4,6-7,10H,3,5,8-9H2,1-2H3,(H,17,19). The van der Waals surface area contributed by atoms with Gasteiger partial charge in [0.15, 0.2) is 0 Å². The van der Waals surface area contributed by atoms with Gasteiger partial charge in [0.25, 0.3) is 5.91 Å². The lowest BCUT2D eigenvalue weighted by Gasteiger charge is -2.06. The molecule has 20 heavy (non-hydrogen) atoms. The van der Waals surface area contributed by atoms with E-state index in [-0.39, 0.29) is 11.7 Å². The highest BCUT2D eigenvalue weighted by molar-refractivity contribution is 5.98. The Kier molecular flexibility index (Phi) is 4.74. The third kappa shape index (κ3) is 2.99. The van der Waals surface area contributed by atoms with E-state index in [2.05, 4.69) is 5.32 Å². The first-order valence-corrected chi connectivity index (χ1v) is 6.75. The molecule has 1 aromatic carbocycles. The monoisotopic (exact) mass is 278 g/mol. The summed E-state index contributed by atoms with van der Waals surface area (Å²) in [5, 5.41) is 3.28. The van der Waals surface area contributed by atoms with Gasteiger partial charge in [0.1, 0.15) is 11.5 Å². The number of nitrogens with one attached hydrogen (secondary N) is 1. The van der Waals surface area contributed by atoms with E-state index in [0.29, 0.717) is 36.4 Å². The third-order valence-electron chi connectivity index (χ3n) is 3.22. The average molecular weight is 278 g/mol. The Bertz CT molecular complexity index is 607. The first kappa shape index (κ1) is 14.5. The molecule has 0 saturated heterocycles. The minimum absolute atomic E-state index is 0.195. The number of carbonyl (C=O) groups excluding carboxylic acids is 1. The van der Waals surface area contributed by atoms with Gasteiger partial charge in [-0.2, -0.15) is 0 Å². The van der Waals surface area contributed by atoms with Gasteiger partial charge in [-0.3, -0.25) is 4.79 Å². The minimum Gasteiger partial charge on any atom is -0.382 e. The van der Waals surface area contributed by atoms with Crippen molar-refractivity contribution in [3.63, 3.8) is 0 Å². The van der Waals surface area contributed by atoms with Crippen molar-refractivity contribution in [2.45, 2.75) is 13.3 Å². The van der Waals surface area contributed by atoms with Crippen molar-refractivity contribution in [1.29, 1.82) is 0 Å². The molecule has 5 heteroatoms. The Labute approximate surface area is 117 Å². The van der Waals surface area contributed by atoms with Crippen LogP contribution in [0.3, 0.4) is 0 Å². The van der Waals surface area contributed by atoms with E-state index in [1.54, 1.807) is 29.8 Å². The second kappa shape index (κ2) is 6.52. The SMILES string of the molecule is CCOCCCNC(=O)c1cc2c(F)cccc2n1C. The summed E-state index contributed by atoms with van der Waals surface area (Å²) in [6, 6.07) is 6.42. The number of amides is 1. The molecule has 0 aliphatic rings. The van der Waals surface area contributed by atoms with E-state index >= 15 is 0 Å². The molecular weight excluding hydrogens is 259 g/mol. The molecule has 0 aliphatic heterocycles. The molecule has 1 aromatic heterocycles. The van der Waals surface area contributed by atoms with Crippen molar-refractivity contribution in [3.8, 4) is 0 Å². The quantitative estimate of drug-likeness (QED) is 0.825. The van der Waals surface area contributed by atoms with Crippen LogP contribution in [0.4, 0.5) is 4.39 Å². The van der Waals surface area contributed by atoms with Crippen LogP contribution in [0.15, 0.2) is 24.3 Å². The zero-order valence-electron chi connectivity index (χ0n) is 11.8. The van der Waals surface area contributed by atoms with Crippen LogP contribution < -0.4 is 5.32 Å². The van der Waals surface area contributed by atoms with Crippen LogP contribution in [0, 0.1) is 5.82 Å². The molecule has 0 atom stereocenters. The third-order valence-corrected chi connectivity index (χ3v) is 3.22. The average Bonchev–Trinajstić information content (AvgIpc) is 2.78. The molecule has 0 fully saturated rings. The van der Waals surface area contributed by atoms with Crippen molar-refractivity contribution in [1.82, 2.24) is 9.88 Å². The van der Waals surface area contributed by atoms with Crippen LogP contribution in [0.25, 0.3) is 10.9 Å². The summed E-state index contributed by atoms with van der Waals surface area (Å²) < 4.78 is 20.6. The maximum absolute atomic E-state index is 13.7. The summed E-state index contributed by atoms with van der Waals surface area (Å²) in [6.45, 7) is 3.78. The predicted octanol–water partition coefficient (Wildman–Crippen LogP) is 2.47. The summed E-state index contributed by atoms with van der Waals surface area (Å²) in [7, 11) is 1.76. The van der Waals surface area contributed by atoms with Gasteiger partial charge in [0, 0.05) is 32.2 Å². The summed E-state index contributed by atoms with van der Waals surface area (Å²) in [6.07, 6.45) is 0.762. The number of ether oxygens (including phenoxy) is 1. The topological polar surface area (TPSA) is 43.3 Å². The van der Waals surface area contributed by atoms with Gasteiger partial charge < -0.3 is 14.6 Å². The number of halogens is 1. The maximum atomic E-state index is 13.7. The number of rotatable bonds is 6. The summed E-state index contributed by atoms with van der Waals surface area (Å²) in [4.78, 5) is 12.1. The van der Waals surface area contributed by atoms with Crippen LogP contribution in [0.2, 0.25) is 0 Å². The number of carbonyl (C=O) groups is 1. The lowest BCUT2D eigenvalue weighted by molar-refractivity contribution is 0.0936. The van der Waals surface area contributed by atoms with Gasteiger partial charge in [0.2, 0.25) is 0 Å². The lowest BCUT2D eigenvalue weighted by atomic mass is 10.2. The molecule has 2 rings (SSSR count). The molecule has 108 valence electrons. The van der Waals surface area contributed by atoms with E-state index in [9.17, 15) is 9.18 Å². The predicted molar refractivity (Wildman–Crippen MR) is 76.3 cm³/mol. The van der Waals surface area contributed by atoms with Crippen LogP contribution in [0.5, 0.6) is 0 Å². The Morgan fingerprint density at radius 1 is 1.45 bits per heavy atom. The van der Waals surface area contributed by atoms with Crippen molar-refractivity contribution < 1.29 is 13.9 Å². The molecule has 1 N–H and O–H groups in total. The second-order valence-corrected chi connectivity index (χ2v) is 4.57. The van der Waals surface area contributed by atoms with Gasteiger partial charge >= 0.3 is 0 Å². The van der Waals surface area contributed by atoms with Crippen LogP contribution in [-0.4, -0.2) is 30.2 Å². The van der Waals surface area contributed by atoms with Crippen molar-refractivity contribution in [2.75, 3.05) is 19.8 Å². The molecule has 0 radical (unpaired) electrons. The highest BCUT2D eigenvalue weighted by Gasteiger charge is 2.14. The zero-order chi connectivity index (χ0) is 14.5. The van der Waals surface area contributed by atoms with Gasteiger partial charge in [-0.15, -0.1) is 0 Å². The first-order valence-electron chi connectivity index (χ1n) is 6.75. The van der Waals surface area contributed by atoms with E-state index in [4.69, 9.17) is 4.74 Å². The second-order valence-electron chi connectivity index (χ2n) is 4.57. The number of benzene rings is 1. The number of hydrogen-bond acceptors (Lipinski definition) is 2. The molecule has 1 amide bonds. The molecule has 0 unspecified atom stereocenters. The number of aromatic nitrogens is 1. The molecular formula is C15H19FN2O2. The van der Waals surface area contributed by atoms with E-state index in [1.807, 2.05) is 6.92 Å². The summed E-state index contributed by atoms with van der Waals surface area (Å²) in [5.74, 6) is -0.506. The van der Waals surface area contributed by atoms with Gasteiger partial charge in [-0.1, -0.05) is 6.07 Å². The Morgan fingerprint density at radius 3 is 2.95 bits per heavy atom. The summed E-state index contributed by atoms with van der Waals surface area (Å²) in [5.41, 5.74) is 1.17. The smallest absolute Gasteiger partial charge is 0.267 e. The number of nitrogens with zero attached hydrogens (tertiary/aromatic N) is 1. The number of fused-ring (bicyclic) bond motifs is 1. The molecule has 1 heterocycles. The first-order chi connectivity index (χ1) is 9.65. The molecule has 4 nitrogen and oxygen atoms in total. The highest BCUT2D eigenvalue weighted by atomic mass is 19.1. The van der Waals surface area contributed by atoms with Crippen molar-refractivity contribution in [3.05, 3.63) is 35.8 Å². The molecule has 0 saturated carbocycles. The lowest BCUT2D eigenvalue weighted by Crippen LogP contribution is -2.27. The Hall–Kier alpha value is -1.88. The maximum Gasteiger partial charge on any atom is 0.267 e. The fourth-order valence-corrected chi connectivity index (χ4v) is 2.15. The van der Waals surface area contributed by atoms with E-state index in [1.165, 1.54) is 6.07 Å². The van der Waals surface area contributed by atoms with Gasteiger partial charge in [-0.25, -0.2) is 4.39 Å². The van der Waals surface area contributed by atoms with E-state index < -0.39 is 0 Å². The molecule has 0 bridgehead atoms. The largest absolute Gasteiger partial charge is 0.382 e. The fourth-order valence-electron chi connectivity index (χ4n) is 2.15. The van der Waals surface area contributed by atoms with Gasteiger partial charge in [0.05, 0.1) is 5.52 Å². The number of aryl methyl sites for hydroxylation is 1. The minimum atomic E-state index is -0.312. The highest BCUT2D eigenvalue weighted by Crippen LogP contribution is 2.21. The Morgan fingerprint density at radius 2 is 2.25 bits per heavy atom. The van der Waals surface area contributed by atoms with Crippen LogP contribution >= 0.6 is 0 Å². The van der Waals surface area contributed by atoms with Crippen molar-refractivity contribution >= 4 is 16.8 Å². The zero-order valence-corrected chi connectivity index (χ0v) is 11.8. The number of hydrogen-bond donors (Lipinski definition) is 1. The van der Waals surface area contributed by atoms with Gasteiger partial charge in [-0.05, 0) is 31.5 Å². The Balaban J connectivity index is 2.07.